The van der Waals surface area contributed by atoms with Gasteiger partial charge in [-0.1, -0.05) is 23.7 Å². The van der Waals surface area contributed by atoms with Gasteiger partial charge in [-0.15, -0.1) is 0 Å². The second-order valence-corrected chi connectivity index (χ2v) is 6.38. The van der Waals surface area contributed by atoms with Crippen LogP contribution in [-0.2, 0) is 13.2 Å². The van der Waals surface area contributed by atoms with E-state index < -0.39 is 0 Å². The number of pyridine rings is 1. The molecule has 1 aromatic heterocycles. The zero-order valence-corrected chi connectivity index (χ0v) is 13.4. The Hall–Kier alpha value is -1.58. The average molecular weight is 305 g/mol. The van der Waals surface area contributed by atoms with Gasteiger partial charge >= 0.3 is 0 Å². The maximum absolute atomic E-state index is 6.28. The number of aromatic nitrogens is 1. The molecule has 2 rings (SSSR count). The van der Waals surface area contributed by atoms with E-state index >= 15 is 0 Å². The molecule has 112 valence electrons. The van der Waals surface area contributed by atoms with Gasteiger partial charge in [0.1, 0.15) is 12.4 Å². The normalized spacial score (nSPS) is 11.4. The summed E-state index contributed by atoms with van der Waals surface area (Å²) in [7, 11) is 0. The first-order chi connectivity index (χ1) is 9.96. The lowest BCUT2D eigenvalue weighted by Crippen LogP contribution is -2.35. The summed E-state index contributed by atoms with van der Waals surface area (Å²) in [5.41, 5.74) is 2.18. The molecular weight excluding hydrogens is 284 g/mol. The molecule has 1 heterocycles. The van der Waals surface area contributed by atoms with Crippen molar-refractivity contribution >= 4 is 11.6 Å². The number of halogens is 1. The summed E-state index contributed by atoms with van der Waals surface area (Å²) in [6, 6.07) is 9.70. The van der Waals surface area contributed by atoms with E-state index in [0.717, 1.165) is 23.4 Å². The van der Waals surface area contributed by atoms with Gasteiger partial charge in [0, 0.05) is 30.0 Å². The maximum atomic E-state index is 6.28. The van der Waals surface area contributed by atoms with Gasteiger partial charge in [0.15, 0.2) is 0 Å². The quantitative estimate of drug-likeness (QED) is 0.899. The van der Waals surface area contributed by atoms with Gasteiger partial charge < -0.3 is 10.1 Å². The molecule has 0 saturated carbocycles. The average Bonchev–Trinajstić information content (AvgIpc) is 2.44. The van der Waals surface area contributed by atoms with E-state index in [1.54, 1.807) is 12.4 Å². The molecule has 0 unspecified atom stereocenters. The molecular formula is C17H21ClN2O. The second kappa shape index (κ2) is 6.92. The third kappa shape index (κ3) is 5.03. The van der Waals surface area contributed by atoms with Crippen LogP contribution < -0.4 is 10.1 Å². The highest BCUT2D eigenvalue weighted by atomic mass is 35.5. The van der Waals surface area contributed by atoms with E-state index in [1.165, 1.54) is 0 Å². The Labute approximate surface area is 131 Å². The van der Waals surface area contributed by atoms with Gasteiger partial charge in [-0.2, -0.15) is 0 Å². The zero-order valence-electron chi connectivity index (χ0n) is 12.7. The van der Waals surface area contributed by atoms with E-state index in [0.29, 0.717) is 11.6 Å². The first-order valence-corrected chi connectivity index (χ1v) is 7.37. The van der Waals surface area contributed by atoms with E-state index in [1.807, 2.05) is 30.3 Å². The molecule has 4 heteroatoms. The number of hydrogen-bond acceptors (Lipinski definition) is 3. The number of para-hydroxylation sites is 1. The molecule has 1 N–H and O–H groups in total. The predicted octanol–water partition coefficient (Wildman–Crippen LogP) is 4.20. The topological polar surface area (TPSA) is 34.1 Å². The summed E-state index contributed by atoms with van der Waals surface area (Å²) in [6.45, 7) is 7.60. The minimum absolute atomic E-state index is 0.0463. The fraction of sp³-hybridized carbons (Fsp3) is 0.353. The zero-order chi connectivity index (χ0) is 15.3. The minimum Gasteiger partial charge on any atom is -0.487 e. The van der Waals surface area contributed by atoms with Crippen LogP contribution in [0.25, 0.3) is 0 Å². The van der Waals surface area contributed by atoms with Crippen molar-refractivity contribution in [2.75, 3.05) is 0 Å². The molecule has 0 radical (unpaired) electrons. The number of benzene rings is 1. The highest BCUT2D eigenvalue weighted by Gasteiger charge is 2.13. The summed E-state index contributed by atoms with van der Waals surface area (Å²) in [5.74, 6) is 0.743. The van der Waals surface area contributed by atoms with Crippen LogP contribution in [0, 0.1) is 0 Å². The van der Waals surface area contributed by atoms with E-state index in [9.17, 15) is 0 Å². The number of ether oxygens (including phenoxy) is 1. The molecule has 0 aliphatic heterocycles. The molecule has 0 atom stereocenters. The van der Waals surface area contributed by atoms with Crippen LogP contribution >= 0.6 is 11.6 Å². The van der Waals surface area contributed by atoms with Gasteiger partial charge in [0.05, 0.1) is 5.02 Å². The van der Waals surface area contributed by atoms with Gasteiger partial charge in [-0.05, 0) is 44.5 Å². The molecule has 0 fully saturated rings. The van der Waals surface area contributed by atoms with Crippen LogP contribution in [0.5, 0.6) is 5.75 Å². The molecule has 21 heavy (non-hydrogen) atoms. The van der Waals surface area contributed by atoms with Crippen molar-refractivity contribution in [2.24, 2.45) is 0 Å². The SMILES string of the molecule is CC(C)(C)NCc1cccc(Cl)c1OCc1ccncc1. The molecule has 1 aromatic carbocycles. The summed E-state index contributed by atoms with van der Waals surface area (Å²) in [4.78, 5) is 4.00. The van der Waals surface area contributed by atoms with Crippen LogP contribution in [-0.4, -0.2) is 10.5 Å². The van der Waals surface area contributed by atoms with Crippen molar-refractivity contribution in [3.8, 4) is 5.75 Å². The van der Waals surface area contributed by atoms with Crippen molar-refractivity contribution in [1.29, 1.82) is 0 Å². The highest BCUT2D eigenvalue weighted by molar-refractivity contribution is 6.32. The second-order valence-electron chi connectivity index (χ2n) is 5.98. The fourth-order valence-electron chi connectivity index (χ4n) is 1.85. The number of nitrogens with one attached hydrogen (secondary N) is 1. The first kappa shape index (κ1) is 15.8. The van der Waals surface area contributed by atoms with Gasteiger partial charge in [0.2, 0.25) is 0 Å². The van der Waals surface area contributed by atoms with Crippen molar-refractivity contribution < 1.29 is 4.74 Å². The molecule has 0 saturated heterocycles. The molecule has 2 aromatic rings. The molecule has 0 amide bonds. The summed E-state index contributed by atoms with van der Waals surface area (Å²) < 4.78 is 5.92. The predicted molar refractivity (Wildman–Crippen MR) is 86.6 cm³/mol. The highest BCUT2D eigenvalue weighted by Crippen LogP contribution is 2.29. The number of hydrogen-bond donors (Lipinski definition) is 1. The Balaban J connectivity index is 2.10. The number of nitrogens with zero attached hydrogens (tertiary/aromatic N) is 1. The van der Waals surface area contributed by atoms with Crippen LogP contribution in [0.4, 0.5) is 0 Å². The third-order valence-corrected chi connectivity index (χ3v) is 3.29. The van der Waals surface area contributed by atoms with Gasteiger partial charge in [-0.25, -0.2) is 0 Å². The molecule has 0 bridgehead atoms. The summed E-state index contributed by atoms with van der Waals surface area (Å²) in [5, 5.41) is 4.09. The maximum Gasteiger partial charge on any atom is 0.142 e. The molecule has 0 spiro atoms. The Bertz CT molecular complexity index is 579. The Morgan fingerprint density at radius 3 is 2.52 bits per heavy atom. The fourth-order valence-corrected chi connectivity index (χ4v) is 2.10. The lowest BCUT2D eigenvalue weighted by molar-refractivity contribution is 0.300. The number of rotatable bonds is 5. The van der Waals surface area contributed by atoms with E-state index in [2.05, 4.69) is 31.1 Å². The summed E-state index contributed by atoms with van der Waals surface area (Å²) in [6.07, 6.45) is 3.51. The standard InChI is InChI=1S/C17H21ClN2O/c1-17(2,3)20-11-14-5-4-6-15(18)16(14)21-12-13-7-9-19-10-8-13/h4-10,20H,11-12H2,1-3H3. The van der Waals surface area contributed by atoms with Gasteiger partial charge in [-0.3, -0.25) is 4.98 Å². The third-order valence-electron chi connectivity index (χ3n) is 2.99. The minimum atomic E-state index is 0.0463. The van der Waals surface area contributed by atoms with Crippen molar-refractivity contribution in [2.45, 2.75) is 39.5 Å². The van der Waals surface area contributed by atoms with Crippen molar-refractivity contribution in [3.05, 3.63) is 58.9 Å². The van der Waals surface area contributed by atoms with Crippen LogP contribution in [0.3, 0.4) is 0 Å². The largest absolute Gasteiger partial charge is 0.487 e. The van der Waals surface area contributed by atoms with Crippen molar-refractivity contribution in [3.63, 3.8) is 0 Å². The molecule has 0 aliphatic rings. The van der Waals surface area contributed by atoms with Gasteiger partial charge in [0.25, 0.3) is 0 Å². The Morgan fingerprint density at radius 2 is 1.86 bits per heavy atom. The lowest BCUT2D eigenvalue weighted by Gasteiger charge is -2.22. The van der Waals surface area contributed by atoms with Crippen LogP contribution in [0.15, 0.2) is 42.7 Å². The molecule has 0 aliphatic carbocycles. The Kier molecular flexibility index (Phi) is 5.21. The first-order valence-electron chi connectivity index (χ1n) is 7.00. The summed E-state index contributed by atoms with van der Waals surface area (Å²) >= 11 is 6.28. The smallest absolute Gasteiger partial charge is 0.142 e. The van der Waals surface area contributed by atoms with E-state index in [-0.39, 0.29) is 5.54 Å². The van der Waals surface area contributed by atoms with Crippen LogP contribution in [0.1, 0.15) is 31.9 Å². The molecule has 3 nitrogen and oxygen atoms in total. The van der Waals surface area contributed by atoms with Crippen molar-refractivity contribution in [1.82, 2.24) is 10.3 Å². The van der Waals surface area contributed by atoms with E-state index in [4.69, 9.17) is 16.3 Å². The van der Waals surface area contributed by atoms with Crippen LogP contribution in [0.2, 0.25) is 5.02 Å². The lowest BCUT2D eigenvalue weighted by atomic mass is 10.1. The monoisotopic (exact) mass is 304 g/mol. The Morgan fingerprint density at radius 1 is 1.14 bits per heavy atom.